The van der Waals surface area contributed by atoms with Crippen LogP contribution in [0.1, 0.15) is 33.3 Å². The quantitative estimate of drug-likeness (QED) is 0.596. The molecule has 1 aromatic carbocycles. The number of rotatable bonds is 2. The highest BCUT2D eigenvalue weighted by atomic mass is 35.5. The van der Waals surface area contributed by atoms with E-state index in [4.69, 9.17) is 21.3 Å². The summed E-state index contributed by atoms with van der Waals surface area (Å²) in [6.07, 6.45) is 7.35. The minimum Gasteiger partial charge on any atom is -0.444 e. The maximum Gasteiger partial charge on any atom is 0.410 e. The van der Waals surface area contributed by atoms with Crippen molar-refractivity contribution in [3.8, 4) is 0 Å². The van der Waals surface area contributed by atoms with E-state index >= 15 is 0 Å². The van der Waals surface area contributed by atoms with E-state index in [9.17, 15) is 4.79 Å². The summed E-state index contributed by atoms with van der Waals surface area (Å²) in [6, 6.07) is 3.93. The zero-order chi connectivity index (χ0) is 21.5. The number of carbonyl (C=O) groups is 1. The standard InChI is InChI=1S/C22H26ClN5O2/c1-5-6-15-13-17-18(14-16(15)23)28-8-7-24-19(28)20(25-17)26-9-11-27(12-10-26)21(29)30-22(2,3)4/h5-8,13-14H,9-12H2,1-4H3/b6-5+. The molecule has 8 heteroatoms. The normalized spacial score (nSPS) is 15.5. The van der Waals surface area contributed by atoms with Gasteiger partial charge >= 0.3 is 6.09 Å². The van der Waals surface area contributed by atoms with Crippen LogP contribution in [0.25, 0.3) is 22.8 Å². The van der Waals surface area contributed by atoms with Gasteiger partial charge in [-0.1, -0.05) is 23.8 Å². The number of hydrogen-bond acceptors (Lipinski definition) is 5. The predicted molar refractivity (Wildman–Crippen MR) is 120 cm³/mol. The lowest BCUT2D eigenvalue weighted by atomic mass is 10.1. The number of ether oxygens (including phenoxy) is 1. The largest absolute Gasteiger partial charge is 0.444 e. The van der Waals surface area contributed by atoms with Gasteiger partial charge in [0.1, 0.15) is 5.60 Å². The van der Waals surface area contributed by atoms with E-state index < -0.39 is 5.60 Å². The summed E-state index contributed by atoms with van der Waals surface area (Å²) in [6.45, 7) is 10.1. The Morgan fingerprint density at radius 2 is 1.93 bits per heavy atom. The third-order valence-corrected chi connectivity index (χ3v) is 5.32. The number of imidazole rings is 1. The minimum atomic E-state index is -0.498. The number of aromatic nitrogens is 3. The molecule has 1 aliphatic heterocycles. The Bertz CT molecular complexity index is 1120. The zero-order valence-corrected chi connectivity index (χ0v) is 18.5. The van der Waals surface area contributed by atoms with Crippen molar-refractivity contribution in [3.05, 3.63) is 41.2 Å². The molecular weight excluding hydrogens is 402 g/mol. The summed E-state index contributed by atoms with van der Waals surface area (Å²) in [7, 11) is 0. The molecule has 30 heavy (non-hydrogen) atoms. The fourth-order valence-corrected chi connectivity index (χ4v) is 3.84. The van der Waals surface area contributed by atoms with Crippen LogP contribution in [0.5, 0.6) is 0 Å². The molecule has 3 heterocycles. The summed E-state index contributed by atoms with van der Waals surface area (Å²) >= 11 is 6.46. The van der Waals surface area contributed by atoms with E-state index in [1.807, 2.05) is 62.6 Å². The first-order valence-electron chi connectivity index (χ1n) is 10.1. The molecule has 2 aromatic heterocycles. The Balaban J connectivity index is 1.65. The van der Waals surface area contributed by atoms with Gasteiger partial charge in [0.05, 0.1) is 16.1 Å². The van der Waals surface area contributed by atoms with Gasteiger partial charge in [0.15, 0.2) is 11.5 Å². The maximum atomic E-state index is 12.4. The van der Waals surface area contributed by atoms with Crippen LogP contribution in [-0.4, -0.2) is 57.1 Å². The second-order valence-electron chi connectivity index (χ2n) is 8.37. The molecule has 7 nitrogen and oxygen atoms in total. The molecule has 3 aromatic rings. The molecule has 0 saturated carbocycles. The lowest BCUT2D eigenvalue weighted by Crippen LogP contribution is -2.50. The minimum absolute atomic E-state index is 0.273. The molecule has 0 spiro atoms. The smallest absolute Gasteiger partial charge is 0.410 e. The van der Waals surface area contributed by atoms with Crippen LogP contribution in [0.3, 0.4) is 0 Å². The van der Waals surface area contributed by atoms with Gasteiger partial charge in [-0.25, -0.2) is 14.8 Å². The fraction of sp³-hybridized carbons (Fsp3) is 0.409. The number of piperazine rings is 1. The Morgan fingerprint density at radius 1 is 1.20 bits per heavy atom. The van der Waals surface area contributed by atoms with Crippen LogP contribution >= 0.6 is 11.6 Å². The van der Waals surface area contributed by atoms with Crippen LogP contribution in [0, 0.1) is 0 Å². The Morgan fingerprint density at radius 3 is 2.60 bits per heavy atom. The van der Waals surface area contributed by atoms with Crippen LogP contribution in [-0.2, 0) is 4.74 Å². The van der Waals surface area contributed by atoms with E-state index in [1.54, 1.807) is 11.1 Å². The zero-order valence-electron chi connectivity index (χ0n) is 17.7. The van der Waals surface area contributed by atoms with E-state index in [1.165, 1.54) is 0 Å². The molecule has 4 rings (SSSR count). The number of carbonyl (C=O) groups excluding carboxylic acids is 1. The van der Waals surface area contributed by atoms with Crippen molar-refractivity contribution in [1.82, 2.24) is 19.3 Å². The highest BCUT2D eigenvalue weighted by Gasteiger charge is 2.27. The van der Waals surface area contributed by atoms with Crippen molar-refractivity contribution >= 4 is 46.3 Å². The Labute approximate surface area is 180 Å². The molecule has 0 N–H and O–H groups in total. The number of halogens is 1. The lowest BCUT2D eigenvalue weighted by Gasteiger charge is -2.36. The number of hydrogen-bond donors (Lipinski definition) is 0. The molecule has 158 valence electrons. The van der Waals surface area contributed by atoms with Crippen LogP contribution in [0.4, 0.5) is 10.6 Å². The van der Waals surface area contributed by atoms with Gasteiger partial charge in [0.25, 0.3) is 0 Å². The summed E-state index contributed by atoms with van der Waals surface area (Å²) in [5.74, 6) is 0.810. The van der Waals surface area contributed by atoms with Gasteiger partial charge in [-0.3, -0.25) is 4.40 Å². The summed E-state index contributed by atoms with van der Waals surface area (Å²) < 4.78 is 7.52. The van der Waals surface area contributed by atoms with Gasteiger partial charge in [0.2, 0.25) is 0 Å². The SMILES string of the molecule is C/C=C/c1cc2nc(N3CCN(C(=O)OC(C)(C)C)CC3)c3nccn3c2cc1Cl. The van der Waals surface area contributed by atoms with Crippen molar-refractivity contribution in [3.63, 3.8) is 0 Å². The van der Waals surface area contributed by atoms with Crippen molar-refractivity contribution in [2.24, 2.45) is 0 Å². The van der Waals surface area contributed by atoms with E-state index in [2.05, 4.69) is 9.88 Å². The molecule has 0 aliphatic carbocycles. The number of allylic oxidation sites excluding steroid dienone is 1. The van der Waals surface area contributed by atoms with E-state index in [-0.39, 0.29) is 6.09 Å². The number of anilines is 1. The second-order valence-corrected chi connectivity index (χ2v) is 8.78. The predicted octanol–water partition coefficient (Wildman–Crippen LogP) is 4.63. The van der Waals surface area contributed by atoms with Gasteiger partial charge in [-0.05, 0) is 45.4 Å². The Kier molecular flexibility index (Phi) is 5.32. The molecule has 0 unspecified atom stereocenters. The first-order chi connectivity index (χ1) is 14.3. The Hall–Kier alpha value is -2.80. The molecule has 0 atom stereocenters. The van der Waals surface area contributed by atoms with Crippen molar-refractivity contribution < 1.29 is 9.53 Å². The van der Waals surface area contributed by atoms with Gasteiger partial charge in [-0.2, -0.15) is 0 Å². The molecule has 1 saturated heterocycles. The topological polar surface area (TPSA) is 63.0 Å². The molecule has 0 radical (unpaired) electrons. The first-order valence-corrected chi connectivity index (χ1v) is 10.5. The second kappa shape index (κ2) is 7.80. The maximum absolute atomic E-state index is 12.4. The fourth-order valence-electron chi connectivity index (χ4n) is 3.62. The highest BCUT2D eigenvalue weighted by Crippen LogP contribution is 2.29. The third-order valence-electron chi connectivity index (χ3n) is 5.00. The molecular formula is C22H26ClN5O2. The van der Waals surface area contributed by atoms with Crippen LogP contribution < -0.4 is 4.90 Å². The summed E-state index contributed by atoms with van der Waals surface area (Å²) in [4.78, 5) is 25.7. The number of amides is 1. The number of fused-ring (bicyclic) bond motifs is 3. The van der Waals surface area contributed by atoms with Crippen LogP contribution in [0.15, 0.2) is 30.6 Å². The van der Waals surface area contributed by atoms with Crippen LogP contribution in [0.2, 0.25) is 5.02 Å². The monoisotopic (exact) mass is 427 g/mol. The van der Waals surface area contributed by atoms with E-state index in [0.717, 1.165) is 28.1 Å². The van der Waals surface area contributed by atoms with Crippen molar-refractivity contribution in [2.75, 3.05) is 31.1 Å². The average Bonchev–Trinajstić information content (AvgIpc) is 3.17. The van der Waals surface area contributed by atoms with E-state index in [0.29, 0.717) is 31.2 Å². The first kappa shape index (κ1) is 20.5. The van der Waals surface area contributed by atoms with Crippen molar-refractivity contribution in [2.45, 2.75) is 33.3 Å². The van der Waals surface area contributed by atoms with Gasteiger partial charge in [-0.15, -0.1) is 0 Å². The molecule has 0 bridgehead atoms. The molecule has 1 amide bonds. The highest BCUT2D eigenvalue weighted by molar-refractivity contribution is 6.32. The average molecular weight is 428 g/mol. The number of benzene rings is 1. The van der Waals surface area contributed by atoms with Gasteiger partial charge in [0, 0.05) is 38.6 Å². The summed E-state index contributed by atoms with van der Waals surface area (Å²) in [5.41, 5.74) is 2.98. The van der Waals surface area contributed by atoms with Crippen molar-refractivity contribution in [1.29, 1.82) is 0 Å². The lowest BCUT2D eigenvalue weighted by molar-refractivity contribution is 0.0240. The number of nitrogens with zero attached hydrogens (tertiary/aromatic N) is 5. The van der Waals surface area contributed by atoms with Gasteiger partial charge < -0.3 is 14.5 Å². The summed E-state index contributed by atoms with van der Waals surface area (Å²) in [5, 5.41) is 0.677. The molecule has 1 aliphatic rings. The molecule has 1 fully saturated rings. The third kappa shape index (κ3) is 3.94.